The third-order valence-corrected chi connectivity index (χ3v) is 4.66. The standard InChI is InChI=1S/C11H20N4O2S/c1-8(5-9-3-4-9)15-18(16,17)11-10(6-12-2)7-13-14-11/h7-9,12,15H,3-6H2,1-2H3,(H,13,14). The average molecular weight is 272 g/mol. The van der Waals surface area contributed by atoms with E-state index < -0.39 is 10.0 Å². The van der Waals surface area contributed by atoms with Gasteiger partial charge in [-0.2, -0.15) is 5.10 Å². The summed E-state index contributed by atoms with van der Waals surface area (Å²) in [6.07, 6.45) is 4.90. The largest absolute Gasteiger partial charge is 0.316 e. The molecule has 3 N–H and O–H groups in total. The number of aromatic nitrogens is 2. The van der Waals surface area contributed by atoms with E-state index in [2.05, 4.69) is 20.2 Å². The Balaban J connectivity index is 2.06. The van der Waals surface area contributed by atoms with Crippen molar-refractivity contribution in [2.45, 2.75) is 43.8 Å². The van der Waals surface area contributed by atoms with Crippen LogP contribution >= 0.6 is 0 Å². The highest BCUT2D eigenvalue weighted by atomic mass is 32.2. The first-order valence-corrected chi connectivity index (χ1v) is 7.70. The maximum absolute atomic E-state index is 12.2. The molecule has 1 aliphatic carbocycles. The van der Waals surface area contributed by atoms with Gasteiger partial charge in [0.2, 0.25) is 0 Å². The summed E-state index contributed by atoms with van der Waals surface area (Å²) in [4.78, 5) is 0. The van der Waals surface area contributed by atoms with Crippen molar-refractivity contribution in [1.82, 2.24) is 20.2 Å². The molecule has 1 aliphatic rings. The maximum atomic E-state index is 12.2. The fourth-order valence-corrected chi connectivity index (χ4v) is 3.46. The second kappa shape index (κ2) is 5.38. The Labute approximate surface area is 108 Å². The second-order valence-electron chi connectivity index (χ2n) is 4.96. The fraction of sp³-hybridized carbons (Fsp3) is 0.727. The number of H-pyrrole nitrogens is 1. The van der Waals surface area contributed by atoms with Crippen molar-refractivity contribution in [3.63, 3.8) is 0 Å². The van der Waals surface area contributed by atoms with E-state index in [1.165, 1.54) is 19.0 Å². The summed E-state index contributed by atoms with van der Waals surface area (Å²) in [5, 5.41) is 9.46. The summed E-state index contributed by atoms with van der Waals surface area (Å²) in [6, 6.07) is -0.0340. The highest BCUT2D eigenvalue weighted by Crippen LogP contribution is 2.33. The van der Waals surface area contributed by atoms with Gasteiger partial charge in [-0.25, -0.2) is 13.1 Å². The zero-order valence-corrected chi connectivity index (χ0v) is 11.5. The number of nitrogens with zero attached hydrogens (tertiary/aromatic N) is 1. The molecule has 1 unspecified atom stereocenters. The van der Waals surface area contributed by atoms with Gasteiger partial charge in [0.1, 0.15) is 0 Å². The Hall–Kier alpha value is -0.920. The molecule has 1 aromatic heterocycles. The minimum atomic E-state index is -3.49. The van der Waals surface area contributed by atoms with E-state index >= 15 is 0 Å². The molecule has 1 aromatic rings. The van der Waals surface area contributed by atoms with Crippen molar-refractivity contribution in [2.75, 3.05) is 7.05 Å². The van der Waals surface area contributed by atoms with Gasteiger partial charge in [-0.05, 0) is 26.3 Å². The van der Waals surface area contributed by atoms with E-state index in [1.807, 2.05) is 6.92 Å². The Kier molecular flexibility index (Phi) is 4.04. The molecule has 1 fully saturated rings. The molecule has 6 nitrogen and oxygen atoms in total. The molecular weight excluding hydrogens is 252 g/mol. The molecule has 0 spiro atoms. The summed E-state index contributed by atoms with van der Waals surface area (Å²) < 4.78 is 27.1. The monoisotopic (exact) mass is 272 g/mol. The molecule has 0 aromatic carbocycles. The minimum Gasteiger partial charge on any atom is -0.316 e. The predicted octanol–water partition coefficient (Wildman–Crippen LogP) is 0.596. The lowest BCUT2D eigenvalue weighted by atomic mass is 10.2. The van der Waals surface area contributed by atoms with Gasteiger partial charge in [-0.3, -0.25) is 5.10 Å². The molecule has 0 aliphatic heterocycles. The molecule has 7 heteroatoms. The van der Waals surface area contributed by atoms with Gasteiger partial charge in [0.05, 0.1) is 6.20 Å². The Morgan fingerprint density at radius 2 is 2.28 bits per heavy atom. The summed E-state index contributed by atoms with van der Waals surface area (Å²) >= 11 is 0. The van der Waals surface area contributed by atoms with Crippen molar-refractivity contribution in [1.29, 1.82) is 0 Å². The molecule has 0 saturated heterocycles. The van der Waals surface area contributed by atoms with Crippen molar-refractivity contribution in [2.24, 2.45) is 5.92 Å². The quantitative estimate of drug-likeness (QED) is 0.678. The molecule has 0 amide bonds. The Morgan fingerprint density at radius 1 is 1.56 bits per heavy atom. The highest BCUT2D eigenvalue weighted by molar-refractivity contribution is 7.89. The van der Waals surface area contributed by atoms with Gasteiger partial charge >= 0.3 is 0 Å². The lowest BCUT2D eigenvalue weighted by Crippen LogP contribution is -2.33. The van der Waals surface area contributed by atoms with Crippen LogP contribution < -0.4 is 10.0 Å². The molecule has 0 bridgehead atoms. The first-order valence-electron chi connectivity index (χ1n) is 6.22. The smallest absolute Gasteiger partial charge is 0.258 e. The van der Waals surface area contributed by atoms with Gasteiger partial charge in [-0.1, -0.05) is 12.8 Å². The highest BCUT2D eigenvalue weighted by Gasteiger charge is 2.27. The van der Waals surface area contributed by atoms with Crippen molar-refractivity contribution in [3.8, 4) is 0 Å². The zero-order valence-electron chi connectivity index (χ0n) is 10.7. The number of nitrogens with one attached hydrogen (secondary N) is 3. The van der Waals surface area contributed by atoms with Crippen molar-refractivity contribution < 1.29 is 8.42 Å². The number of rotatable bonds is 7. The van der Waals surface area contributed by atoms with Crippen LogP contribution in [0.1, 0.15) is 31.7 Å². The average Bonchev–Trinajstić information content (AvgIpc) is 2.94. The minimum absolute atomic E-state index is 0.0340. The van der Waals surface area contributed by atoms with Crippen LogP contribution in [0.3, 0.4) is 0 Å². The molecule has 1 atom stereocenters. The molecule has 1 heterocycles. The van der Waals surface area contributed by atoms with Crippen molar-refractivity contribution in [3.05, 3.63) is 11.8 Å². The van der Waals surface area contributed by atoms with Crippen LogP contribution in [0.2, 0.25) is 0 Å². The van der Waals surface area contributed by atoms with Crippen LogP contribution in [-0.4, -0.2) is 31.7 Å². The number of hydrogen-bond donors (Lipinski definition) is 3. The van der Waals surface area contributed by atoms with Gasteiger partial charge in [0, 0.05) is 18.2 Å². The first-order chi connectivity index (χ1) is 8.53. The van der Waals surface area contributed by atoms with Crippen LogP contribution in [0, 0.1) is 5.92 Å². The van der Waals surface area contributed by atoms with Crippen LogP contribution in [0.5, 0.6) is 0 Å². The van der Waals surface area contributed by atoms with Gasteiger partial charge in [-0.15, -0.1) is 0 Å². The van der Waals surface area contributed by atoms with E-state index in [0.29, 0.717) is 18.0 Å². The normalized spacial score (nSPS) is 17.9. The van der Waals surface area contributed by atoms with E-state index in [9.17, 15) is 8.42 Å². The number of aromatic amines is 1. The van der Waals surface area contributed by atoms with Crippen LogP contribution in [0.15, 0.2) is 11.2 Å². The summed E-state index contributed by atoms with van der Waals surface area (Å²) in [7, 11) is -1.72. The molecule has 0 radical (unpaired) electrons. The fourth-order valence-electron chi connectivity index (χ4n) is 2.07. The van der Waals surface area contributed by atoms with Crippen molar-refractivity contribution >= 4 is 10.0 Å². The molecular formula is C11H20N4O2S. The van der Waals surface area contributed by atoms with Gasteiger partial charge in [0.25, 0.3) is 10.0 Å². The van der Waals surface area contributed by atoms with E-state index in [1.54, 1.807) is 7.05 Å². The summed E-state index contributed by atoms with van der Waals surface area (Å²) in [5.74, 6) is 0.696. The van der Waals surface area contributed by atoms with E-state index in [-0.39, 0.29) is 11.1 Å². The third-order valence-electron chi connectivity index (χ3n) is 3.05. The Bertz CT molecular complexity index is 493. The number of hydrogen-bond acceptors (Lipinski definition) is 4. The zero-order chi connectivity index (χ0) is 13.2. The lowest BCUT2D eigenvalue weighted by molar-refractivity contribution is 0.526. The van der Waals surface area contributed by atoms with Gasteiger partial charge in [0.15, 0.2) is 5.03 Å². The SMILES string of the molecule is CNCc1cn[nH]c1S(=O)(=O)NC(C)CC1CC1. The third kappa shape index (κ3) is 3.30. The topological polar surface area (TPSA) is 86.9 Å². The van der Waals surface area contributed by atoms with E-state index in [0.717, 1.165) is 6.42 Å². The second-order valence-corrected chi connectivity index (χ2v) is 6.61. The molecule has 1 saturated carbocycles. The van der Waals surface area contributed by atoms with Gasteiger partial charge < -0.3 is 5.32 Å². The van der Waals surface area contributed by atoms with Crippen LogP contribution in [0.4, 0.5) is 0 Å². The maximum Gasteiger partial charge on any atom is 0.258 e. The number of sulfonamides is 1. The molecule has 18 heavy (non-hydrogen) atoms. The van der Waals surface area contributed by atoms with Crippen LogP contribution in [-0.2, 0) is 16.6 Å². The Morgan fingerprint density at radius 3 is 2.89 bits per heavy atom. The molecule has 102 valence electrons. The summed E-state index contributed by atoms with van der Waals surface area (Å²) in [6.45, 7) is 2.38. The summed E-state index contributed by atoms with van der Waals surface area (Å²) in [5.41, 5.74) is 0.656. The lowest BCUT2D eigenvalue weighted by Gasteiger charge is -2.13. The van der Waals surface area contributed by atoms with E-state index in [4.69, 9.17) is 0 Å². The predicted molar refractivity (Wildman–Crippen MR) is 68.5 cm³/mol. The first kappa shape index (κ1) is 13.5. The molecule has 2 rings (SSSR count). The van der Waals surface area contributed by atoms with Crippen LogP contribution in [0.25, 0.3) is 0 Å².